The number of carbonyl (C=O) groups is 1. The van der Waals surface area contributed by atoms with Crippen molar-refractivity contribution in [2.45, 2.75) is 38.9 Å². The van der Waals surface area contributed by atoms with Crippen LogP contribution in [-0.4, -0.2) is 28.0 Å². The number of esters is 1. The molecule has 1 rings (SSSR count). The summed E-state index contributed by atoms with van der Waals surface area (Å²) in [4.78, 5) is 13.3. The van der Waals surface area contributed by atoms with Crippen molar-refractivity contribution in [3.05, 3.63) is 34.1 Å². The summed E-state index contributed by atoms with van der Waals surface area (Å²) in [6.07, 6.45) is 7.27. The average Bonchev–Trinajstić information content (AvgIpc) is 2.42. The van der Waals surface area contributed by atoms with Gasteiger partial charge in [0.2, 0.25) is 0 Å². The molecule has 0 aromatic heterocycles. The Morgan fingerprint density at radius 1 is 1.29 bits per heavy atom. The number of carbonyl (C=O) groups excluding carboxylic acids is 1. The van der Waals surface area contributed by atoms with Crippen molar-refractivity contribution in [3.8, 4) is 0 Å². The van der Waals surface area contributed by atoms with E-state index >= 15 is 0 Å². The molecule has 21 heavy (non-hydrogen) atoms. The lowest BCUT2D eigenvalue weighted by atomic mass is 10.2. The predicted octanol–water partition coefficient (Wildman–Crippen LogP) is 4.90. The molecular formula is C15H24O3S2Si. The lowest BCUT2D eigenvalue weighted by molar-refractivity contribution is -0.134. The van der Waals surface area contributed by atoms with Gasteiger partial charge in [-0.3, -0.25) is 0 Å². The van der Waals surface area contributed by atoms with Crippen LogP contribution < -0.4 is 0 Å². The lowest BCUT2D eigenvalue weighted by Gasteiger charge is -2.36. The van der Waals surface area contributed by atoms with E-state index in [0.717, 1.165) is 4.91 Å². The molecule has 0 amide bonds. The van der Waals surface area contributed by atoms with Crippen LogP contribution in [0.3, 0.4) is 0 Å². The first-order chi connectivity index (χ1) is 9.65. The first-order valence-electron chi connectivity index (χ1n) is 6.81. The molecule has 0 aromatic rings. The molecule has 0 N–H and O–H groups in total. The molecule has 0 unspecified atom stereocenters. The van der Waals surface area contributed by atoms with Gasteiger partial charge in [0.15, 0.2) is 8.32 Å². The molecule has 0 bridgehead atoms. The molecule has 1 aliphatic heterocycles. The van der Waals surface area contributed by atoms with Gasteiger partial charge in [-0.15, -0.1) is 0 Å². The van der Waals surface area contributed by atoms with Gasteiger partial charge in [0.25, 0.3) is 0 Å². The van der Waals surface area contributed by atoms with Crippen molar-refractivity contribution in [2.75, 3.05) is 13.7 Å². The second kappa shape index (κ2) is 7.72. The number of methoxy groups -OCH3 is 1. The van der Waals surface area contributed by atoms with Crippen LogP contribution in [0.4, 0.5) is 0 Å². The Kier molecular flexibility index (Phi) is 6.84. The number of hydrogen-bond acceptors (Lipinski definition) is 5. The number of rotatable bonds is 5. The summed E-state index contributed by atoms with van der Waals surface area (Å²) in [6.45, 7) is 11.9. The van der Waals surface area contributed by atoms with Gasteiger partial charge in [-0.25, -0.2) is 4.79 Å². The first-order valence-corrected chi connectivity index (χ1v) is 11.9. The van der Waals surface area contributed by atoms with Crippen LogP contribution in [0.15, 0.2) is 34.1 Å². The molecule has 3 nitrogen and oxygen atoms in total. The van der Waals surface area contributed by atoms with E-state index in [0.29, 0.717) is 6.61 Å². The smallest absolute Gasteiger partial charge is 0.330 e. The molecule has 6 heteroatoms. The quantitative estimate of drug-likeness (QED) is 0.307. The van der Waals surface area contributed by atoms with E-state index in [2.05, 4.69) is 44.7 Å². The van der Waals surface area contributed by atoms with Crippen LogP contribution in [0.2, 0.25) is 18.1 Å². The topological polar surface area (TPSA) is 35.5 Å². The molecule has 1 heterocycles. The largest absolute Gasteiger partial charge is 0.466 e. The zero-order valence-corrected chi connectivity index (χ0v) is 16.2. The van der Waals surface area contributed by atoms with Crippen molar-refractivity contribution in [1.82, 2.24) is 0 Å². The van der Waals surface area contributed by atoms with Crippen molar-refractivity contribution in [2.24, 2.45) is 0 Å². The predicted molar refractivity (Wildman–Crippen MR) is 95.7 cm³/mol. The Hall–Kier alpha value is -0.433. The summed E-state index contributed by atoms with van der Waals surface area (Å²) in [5, 5.41) is 0.226. The second-order valence-electron chi connectivity index (χ2n) is 6.27. The van der Waals surface area contributed by atoms with E-state index in [1.807, 2.05) is 6.08 Å². The van der Waals surface area contributed by atoms with E-state index in [-0.39, 0.29) is 11.0 Å². The Balaban J connectivity index is 2.57. The SMILES string of the molecule is COC(=O)/C=C/C1=CC=C(CO[Si](C)(C)C(C)(C)C)SS1. The fourth-order valence-electron chi connectivity index (χ4n) is 1.17. The molecule has 1 aliphatic rings. The number of allylic oxidation sites excluding steroid dienone is 3. The van der Waals surface area contributed by atoms with Crippen LogP contribution in [-0.2, 0) is 14.0 Å². The van der Waals surface area contributed by atoms with Gasteiger partial charge in [-0.2, -0.15) is 0 Å². The van der Waals surface area contributed by atoms with Gasteiger partial charge >= 0.3 is 5.97 Å². The van der Waals surface area contributed by atoms with Gasteiger partial charge in [-0.1, -0.05) is 42.4 Å². The van der Waals surface area contributed by atoms with Gasteiger partial charge in [0.05, 0.1) is 13.7 Å². The Morgan fingerprint density at radius 3 is 2.43 bits per heavy atom. The van der Waals surface area contributed by atoms with Gasteiger partial charge in [-0.05, 0) is 36.4 Å². The van der Waals surface area contributed by atoms with Crippen molar-refractivity contribution < 1.29 is 14.0 Å². The highest BCUT2D eigenvalue weighted by molar-refractivity contribution is 8.79. The second-order valence-corrected chi connectivity index (χ2v) is 13.4. The van der Waals surface area contributed by atoms with Crippen LogP contribution in [0.25, 0.3) is 0 Å². The zero-order valence-electron chi connectivity index (χ0n) is 13.6. The zero-order chi connectivity index (χ0) is 16.1. The fourth-order valence-corrected chi connectivity index (χ4v) is 4.16. The third-order valence-corrected chi connectivity index (χ3v) is 10.6. The third kappa shape index (κ3) is 6.06. The number of hydrogen-bond donors (Lipinski definition) is 0. The van der Waals surface area contributed by atoms with Crippen LogP contribution >= 0.6 is 21.6 Å². The monoisotopic (exact) mass is 344 g/mol. The van der Waals surface area contributed by atoms with E-state index in [1.165, 1.54) is 18.1 Å². The Bertz CT molecular complexity index is 474. The van der Waals surface area contributed by atoms with E-state index in [4.69, 9.17) is 4.43 Å². The standard InChI is InChI=1S/C15H24O3S2Si/c1-15(2,3)21(5,6)18-11-13-8-7-12(19-20-13)9-10-14(16)17-4/h7-10H,11H2,1-6H3/b10-9+. The minimum absolute atomic E-state index is 0.226. The maximum atomic E-state index is 11.0. The van der Waals surface area contributed by atoms with E-state index in [9.17, 15) is 4.79 Å². The summed E-state index contributed by atoms with van der Waals surface area (Å²) in [5.74, 6) is -0.336. The molecule has 0 radical (unpaired) electrons. The Labute approximate surface area is 136 Å². The maximum absolute atomic E-state index is 11.0. The summed E-state index contributed by atoms with van der Waals surface area (Å²) < 4.78 is 10.8. The molecule has 0 saturated carbocycles. The first kappa shape index (κ1) is 18.6. The van der Waals surface area contributed by atoms with Gasteiger partial charge < -0.3 is 9.16 Å². The van der Waals surface area contributed by atoms with Crippen molar-refractivity contribution >= 4 is 35.9 Å². The van der Waals surface area contributed by atoms with Crippen LogP contribution in [0, 0.1) is 0 Å². The summed E-state index contributed by atoms with van der Waals surface area (Å²) in [7, 11) is 2.99. The Morgan fingerprint density at radius 2 is 1.95 bits per heavy atom. The molecule has 118 valence electrons. The molecule has 0 spiro atoms. The minimum atomic E-state index is -1.70. The molecule has 0 aromatic carbocycles. The van der Waals surface area contributed by atoms with Crippen LogP contribution in [0.1, 0.15) is 20.8 Å². The highest BCUT2D eigenvalue weighted by Crippen LogP contribution is 2.42. The van der Waals surface area contributed by atoms with Crippen molar-refractivity contribution in [1.29, 1.82) is 0 Å². The van der Waals surface area contributed by atoms with Crippen molar-refractivity contribution in [3.63, 3.8) is 0 Å². The average molecular weight is 345 g/mol. The van der Waals surface area contributed by atoms with E-state index < -0.39 is 8.32 Å². The van der Waals surface area contributed by atoms with E-state index in [1.54, 1.807) is 27.7 Å². The van der Waals surface area contributed by atoms with Gasteiger partial charge in [0, 0.05) is 15.9 Å². The summed E-state index contributed by atoms with van der Waals surface area (Å²) in [6, 6.07) is 0. The molecular weight excluding hydrogens is 320 g/mol. The van der Waals surface area contributed by atoms with Gasteiger partial charge in [0.1, 0.15) is 0 Å². The summed E-state index contributed by atoms with van der Waals surface area (Å²) in [5.41, 5.74) is 0. The van der Waals surface area contributed by atoms with Crippen LogP contribution in [0.5, 0.6) is 0 Å². The molecule has 0 atom stereocenters. The highest BCUT2D eigenvalue weighted by Gasteiger charge is 2.37. The normalized spacial score (nSPS) is 16.7. The highest BCUT2D eigenvalue weighted by atomic mass is 33.1. The molecule has 0 saturated heterocycles. The molecule has 0 aliphatic carbocycles. The molecule has 0 fully saturated rings. The minimum Gasteiger partial charge on any atom is -0.466 e. The lowest BCUT2D eigenvalue weighted by Crippen LogP contribution is -2.41. The fraction of sp³-hybridized carbons (Fsp3) is 0.533. The maximum Gasteiger partial charge on any atom is 0.330 e. The number of ether oxygens (including phenoxy) is 1. The third-order valence-electron chi connectivity index (χ3n) is 3.64. The summed E-state index contributed by atoms with van der Waals surface area (Å²) >= 11 is 0.